The molecule has 1 spiro atoms. The molecule has 0 N–H and O–H groups in total. The van der Waals surface area contributed by atoms with Gasteiger partial charge in [0.1, 0.15) is 0 Å². The highest BCUT2D eigenvalue weighted by atomic mass is 79.9. The molecule has 0 aromatic heterocycles. The van der Waals surface area contributed by atoms with Gasteiger partial charge in [-0.15, -0.1) is 0 Å². The SMILES string of the molecule is Brc1ccc2c(c1)C1(c3ccccc3-2)c2cccc3cccc1c23. The fourth-order valence-electron chi connectivity index (χ4n) is 4.88. The van der Waals surface area contributed by atoms with Crippen LogP contribution >= 0.6 is 15.9 Å². The van der Waals surface area contributed by atoms with Crippen LogP contribution in [0.25, 0.3) is 21.9 Å². The molecule has 2 aliphatic carbocycles. The van der Waals surface area contributed by atoms with Crippen molar-refractivity contribution in [2.45, 2.75) is 5.41 Å². The van der Waals surface area contributed by atoms with E-state index in [2.05, 4.69) is 94.8 Å². The maximum absolute atomic E-state index is 3.69. The second kappa shape index (κ2) is 4.17. The molecule has 1 heteroatoms. The maximum Gasteiger partial charge on any atom is 0.0726 e. The minimum Gasteiger partial charge on any atom is -0.0619 e. The second-order valence-corrected chi connectivity index (χ2v) is 7.61. The van der Waals surface area contributed by atoms with Gasteiger partial charge in [0.2, 0.25) is 0 Å². The van der Waals surface area contributed by atoms with Crippen molar-refractivity contribution >= 4 is 26.7 Å². The van der Waals surface area contributed by atoms with Crippen molar-refractivity contribution in [1.29, 1.82) is 0 Å². The maximum atomic E-state index is 3.69. The molecular formula is C23H13Br. The standard InChI is InChI=1S/C23H13Br/c24-15-11-12-17-16-7-1-2-8-18(16)23(21(17)13-15)19-9-3-5-14-6-4-10-20(23)22(14)19/h1-13H. The minimum absolute atomic E-state index is 0.105. The Balaban J connectivity index is 1.84. The Labute approximate surface area is 148 Å². The average Bonchev–Trinajstić information content (AvgIpc) is 2.92. The van der Waals surface area contributed by atoms with Gasteiger partial charge in [-0.3, -0.25) is 0 Å². The molecule has 0 saturated carbocycles. The molecule has 0 nitrogen and oxygen atoms in total. The summed E-state index contributed by atoms with van der Waals surface area (Å²) in [5, 5.41) is 2.78. The number of hydrogen-bond acceptors (Lipinski definition) is 0. The minimum atomic E-state index is -0.105. The lowest BCUT2D eigenvalue weighted by molar-refractivity contribution is 0.744. The zero-order chi connectivity index (χ0) is 15.9. The molecule has 0 saturated heterocycles. The highest BCUT2D eigenvalue weighted by molar-refractivity contribution is 9.10. The predicted molar refractivity (Wildman–Crippen MR) is 103 cm³/mol. The van der Waals surface area contributed by atoms with E-state index in [1.807, 2.05) is 0 Å². The van der Waals surface area contributed by atoms with E-state index in [1.165, 1.54) is 44.2 Å². The van der Waals surface area contributed by atoms with Gasteiger partial charge in [0, 0.05) is 4.47 Å². The number of halogens is 1. The van der Waals surface area contributed by atoms with Gasteiger partial charge in [-0.1, -0.05) is 82.7 Å². The number of fused-ring (bicyclic) bond motifs is 7. The van der Waals surface area contributed by atoms with Crippen molar-refractivity contribution in [3.8, 4) is 11.1 Å². The van der Waals surface area contributed by atoms with E-state index in [4.69, 9.17) is 0 Å². The van der Waals surface area contributed by atoms with E-state index >= 15 is 0 Å². The van der Waals surface area contributed by atoms with Gasteiger partial charge in [0.15, 0.2) is 0 Å². The molecule has 0 aliphatic heterocycles. The van der Waals surface area contributed by atoms with Crippen LogP contribution in [0.1, 0.15) is 22.3 Å². The third-order valence-electron chi connectivity index (χ3n) is 5.72. The number of rotatable bonds is 0. The van der Waals surface area contributed by atoms with Gasteiger partial charge in [-0.25, -0.2) is 0 Å². The third kappa shape index (κ3) is 1.26. The van der Waals surface area contributed by atoms with Gasteiger partial charge >= 0.3 is 0 Å². The zero-order valence-electron chi connectivity index (χ0n) is 12.9. The summed E-state index contributed by atoms with van der Waals surface area (Å²) in [4.78, 5) is 0. The molecule has 4 aromatic rings. The largest absolute Gasteiger partial charge is 0.0726 e. The van der Waals surface area contributed by atoms with Crippen molar-refractivity contribution in [3.05, 3.63) is 106 Å². The van der Waals surface area contributed by atoms with E-state index < -0.39 is 0 Å². The van der Waals surface area contributed by atoms with Crippen LogP contribution < -0.4 is 0 Å². The van der Waals surface area contributed by atoms with Gasteiger partial charge in [0.25, 0.3) is 0 Å². The van der Waals surface area contributed by atoms with Crippen LogP contribution in [0.5, 0.6) is 0 Å². The van der Waals surface area contributed by atoms with Crippen molar-refractivity contribution in [1.82, 2.24) is 0 Å². The first kappa shape index (κ1) is 13.0. The molecule has 0 heterocycles. The third-order valence-corrected chi connectivity index (χ3v) is 6.21. The summed E-state index contributed by atoms with van der Waals surface area (Å²) in [6.45, 7) is 0. The van der Waals surface area contributed by atoms with Gasteiger partial charge < -0.3 is 0 Å². The smallest absolute Gasteiger partial charge is 0.0619 e. The first-order chi connectivity index (χ1) is 11.8. The Morgan fingerprint density at radius 1 is 0.583 bits per heavy atom. The highest BCUT2D eigenvalue weighted by Gasteiger charge is 2.52. The van der Waals surface area contributed by atoms with Crippen LogP contribution in [0, 0.1) is 0 Å². The number of hydrogen-bond donors (Lipinski definition) is 0. The summed E-state index contributed by atoms with van der Waals surface area (Å²) in [6, 6.07) is 29.0. The molecule has 112 valence electrons. The molecule has 0 bridgehead atoms. The Kier molecular flexibility index (Phi) is 2.25. The summed E-state index contributed by atoms with van der Waals surface area (Å²) >= 11 is 3.69. The summed E-state index contributed by atoms with van der Waals surface area (Å²) in [5.74, 6) is 0. The van der Waals surface area contributed by atoms with Crippen LogP contribution in [0.3, 0.4) is 0 Å². The summed E-state index contributed by atoms with van der Waals surface area (Å²) in [6.07, 6.45) is 0. The Morgan fingerprint density at radius 2 is 1.25 bits per heavy atom. The lowest BCUT2D eigenvalue weighted by atomic mass is 9.58. The van der Waals surface area contributed by atoms with Crippen molar-refractivity contribution in [2.24, 2.45) is 0 Å². The second-order valence-electron chi connectivity index (χ2n) is 6.69. The van der Waals surface area contributed by atoms with Gasteiger partial charge in [0.05, 0.1) is 5.41 Å². The van der Waals surface area contributed by atoms with Crippen LogP contribution in [0.4, 0.5) is 0 Å². The molecule has 0 atom stereocenters. The van der Waals surface area contributed by atoms with Crippen LogP contribution in [-0.4, -0.2) is 0 Å². The van der Waals surface area contributed by atoms with Crippen molar-refractivity contribution < 1.29 is 0 Å². The van der Waals surface area contributed by atoms with Crippen LogP contribution in [-0.2, 0) is 5.41 Å². The molecule has 0 radical (unpaired) electrons. The monoisotopic (exact) mass is 368 g/mol. The first-order valence-electron chi connectivity index (χ1n) is 8.24. The van der Waals surface area contributed by atoms with Crippen molar-refractivity contribution in [3.63, 3.8) is 0 Å². The molecule has 0 fully saturated rings. The zero-order valence-corrected chi connectivity index (χ0v) is 14.5. The molecule has 6 rings (SSSR count). The van der Waals surface area contributed by atoms with E-state index in [1.54, 1.807) is 0 Å². The molecule has 4 aromatic carbocycles. The fourth-order valence-corrected chi connectivity index (χ4v) is 5.24. The van der Waals surface area contributed by atoms with E-state index in [0.717, 1.165) is 4.47 Å². The first-order valence-corrected chi connectivity index (χ1v) is 9.04. The fraction of sp³-hybridized carbons (Fsp3) is 0.0435. The molecular weight excluding hydrogens is 356 g/mol. The molecule has 0 unspecified atom stereocenters. The Hall–Kier alpha value is -2.38. The Bertz CT molecular complexity index is 1130. The lowest BCUT2D eigenvalue weighted by Gasteiger charge is -2.43. The van der Waals surface area contributed by atoms with Gasteiger partial charge in [-0.2, -0.15) is 0 Å². The summed E-state index contributed by atoms with van der Waals surface area (Å²) in [7, 11) is 0. The average molecular weight is 369 g/mol. The number of benzene rings is 4. The van der Waals surface area contributed by atoms with Crippen molar-refractivity contribution in [2.75, 3.05) is 0 Å². The summed E-state index contributed by atoms with van der Waals surface area (Å²) < 4.78 is 1.14. The van der Waals surface area contributed by atoms with E-state index in [-0.39, 0.29) is 5.41 Å². The molecule has 24 heavy (non-hydrogen) atoms. The molecule has 2 aliphatic rings. The predicted octanol–water partition coefficient (Wildman–Crippen LogP) is 6.28. The summed E-state index contributed by atoms with van der Waals surface area (Å²) in [5.41, 5.74) is 8.34. The normalized spacial score (nSPS) is 15.2. The van der Waals surface area contributed by atoms with Crippen LogP contribution in [0.2, 0.25) is 0 Å². The Morgan fingerprint density at radius 3 is 2.04 bits per heavy atom. The lowest BCUT2D eigenvalue weighted by Crippen LogP contribution is -2.36. The quantitative estimate of drug-likeness (QED) is 0.296. The topological polar surface area (TPSA) is 0 Å². The molecule has 0 amide bonds. The van der Waals surface area contributed by atoms with Gasteiger partial charge in [-0.05, 0) is 56.3 Å². The highest BCUT2D eigenvalue weighted by Crippen LogP contribution is 2.63. The van der Waals surface area contributed by atoms with Crippen LogP contribution in [0.15, 0.2) is 83.3 Å². The van der Waals surface area contributed by atoms with E-state index in [0.29, 0.717) is 0 Å². The van der Waals surface area contributed by atoms with E-state index in [9.17, 15) is 0 Å².